The van der Waals surface area contributed by atoms with Gasteiger partial charge in [-0.2, -0.15) is 0 Å². The van der Waals surface area contributed by atoms with E-state index in [9.17, 15) is 14.0 Å². The number of rotatable bonds is 7. The van der Waals surface area contributed by atoms with E-state index in [1.165, 1.54) is 12.1 Å². The van der Waals surface area contributed by atoms with Gasteiger partial charge in [-0.3, -0.25) is 9.59 Å². The Labute approximate surface area is 175 Å². The van der Waals surface area contributed by atoms with E-state index in [2.05, 4.69) is 25.2 Å². The van der Waals surface area contributed by atoms with E-state index in [-0.39, 0.29) is 28.9 Å². The Morgan fingerprint density at radius 2 is 1.97 bits per heavy atom. The van der Waals surface area contributed by atoms with Gasteiger partial charge in [0.25, 0.3) is 0 Å². The van der Waals surface area contributed by atoms with Gasteiger partial charge in [-0.25, -0.2) is 4.39 Å². The van der Waals surface area contributed by atoms with Crippen molar-refractivity contribution in [1.82, 2.24) is 10.2 Å². The summed E-state index contributed by atoms with van der Waals surface area (Å²) in [6.45, 7) is 6.43. The molecular formula is C23H27FN2O2S. The quantitative estimate of drug-likeness (QED) is 0.729. The number of nitrogens with one attached hydrogen (secondary N) is 1. The van der Waals surface area contributed by atoms with Gasteiger partial charge in [-0.05, 0) is 42.5 Å². The highest BCUT2D eigenvalue weighted by Gasteiger charge is 2.41. The zero-order valence-electron chi connectivity index (χ0n) is 17.0. The van der Waals surface area contributed by atoms with E-state index in [1.54, 1.807) is 28.8 Å². The van der Waals surface area contributed by atoms with Crippen LogP contribution in [-0.2, 0) is 16.1 Å². The molecular weight excluding hydrogens is 387 g/mol. The fraction of sp³-hybridized carbons (Fsp3) is 0.391. The van der Waals surface area contributed by atoms with Crippen LogP contribution in [0, 0.1) is 18.7 Å². The van der Waals surface area contributed by atoms with Gasteiger partial charge in [-0.15, -0.1) is 11.8 Å². The first kappa shape index (κ1) is 21.4. The smallest absolute Gasteiger partial charge is 0.243 e. The zero-order chi connectivity index (χ0) is 21.0. The van der Waals surface area contributed by atoms with Crippen molar-refractivity contribution in [1.29, 1.82) is 0 Å². The molecule has 154 valence electrons. The molecule has 0 aromatic heterocycles. The largest absolute Gasteiger partial charge is 0.350 e. The minimum absolute atomic E-state index is 0.0101. The van der Waals surface area contributed by atoms with E-state index >= 15 is 0 Å². The van der Waals surface area contributed by atoms with Gasteiger partial charge >= 0.3 is 0 Å². The summed E-state index contributed by atoms with van der Waals surface area (Å²) in [4.78, 5) is 27.6. The minimum Gasteiger partial charge on any atom is -0.350 e. The van der Waals surface area contributed by atoms with Gasteiger partial charge in [0.2, 0.25) is 11.8 Å². The van der Waals surface area contributed by atoms with Crippen molar-refractivity contribution in [2.24, 2.45) is 5.92 Å². The number of thioether (sulfide) groups is 1. The average molecular weight is 415 g/mol. The SMILES string of the molecule is Cc1cccc(C2SCC(=O)N2C(CC(C)C)C(=O)NCc2ccc(F)cc2)c1. The number of halogens is 1. The van der Waals surface area contributed by atoms with Crippen LogP contribution in [0.25, 0.3) is 0 Å². The average Bonchev–Trinajstić information content (AvgIpc) is 3.06. The fourth-order valence-electron chi connectivity index (χ4n) is 3.56. The predicted molar refractivity (Wildman–Crippen MR) is 115 cm³/mol. The molecule has 0 saturated carbocycles. The summed E-state index contributed by atoms with van der Waals surface area (Å²) in [5.41, 5.74) is 2.99. The van der Waals surface area contributed by atoms with Gasteiger partial charge < -0.3 is 10.2 Å². The Morgan fingerprint density at radius 3 is 2.62 bits per heavy atom. The first-order valence-corrected chi connectivity index (χ1v) is 10.9. The molecule has 3 rings (SSSR count). The lowest BCUT2D eigenvalue weighted by Gasteiger charge is -2.33. The summed E-state index contributed by atoms with van der Waals surface area (Å²) in [5, 5.41) is 2.78. The molecule has 1 heterocycles. The Hall–Kier alpha value is -2.34. The second kappa shape index (κ2) is 9.44. The van der Waals surface area contributed by atoms with Crippen molar-refractivity contribution < 1.29 is 14.0 Å². The molecule has 1 aliphatic rings. The van der Waals surface area contributed by atoms with E-state index < -0.39 is 6.04 Å². The summed E-state index contributed by atoms with van der Waals surface area (Å²) in [6.07, 6.45) is 0.587. The molecule has 0 aliphatic carbocycles. The maximum atomic E-state index is 13.1. The predicted octanol–water partition coefficient (Wildman–Crippen LogP) is 4.44. The van der Waals surface area contributed by atoms with Crippen LogP contribution in [0.15, 0.2) is 48.5 Å². The van der Waals surface area contributed by atoms with Crippen LogP contribution in [0.5, 0.6) is 0 Å². The Balaban J connectivity index is 1.80. The molecule has 2 aromatic rings. The minimum atomic E-state index is -0.538. The van der Waals surface area contributed by atoms with Crippen molar-refractivity contribution in [3.63, 3.8) is 0 Å². The molecule has 0 spiro atoms. The lowest BCUT2D eigenvalue weighted by Crippen LogP contribution is -2.49. The second-order valence-electron chi connectivity index (χ2n) is 7.87. The number of benzene rings is 2. The number of nitrogens with zero attached hydrogens (tertiary/aromatic N) is 1. The van der Waals surface area contributed by atoms with Gasteiger partial charge in [0.1, 0.15) is 17.2 Å². The molecule has 2 amide bonds. The molecule has 2 unspecified atom stereocenters. The number of hydrogen-bond acceptors (Lipinski definition) is 3. The van der Waals surface area contributed by atoms with Crippen molar-refractivity contribution in [3.8, 4) is 0 Å². The van der Waals surface area contributed by atoms with Crippen LogP contribution < -0.4 is 5.32 Å². The summed E-state index contributed by atoms with van der Waals surface area (Å²) >= 11 is 1.56. The van der Waals surface area contributed by atoms with Crippen LogP contribution in [0.4, 0.5) is 4.39 Å². The van der Waals surface area contributed by atoms with E-state index in [0.29, 0.717) is 18.7 Å². The zero-order valence-corrected chi connectivity index (χ0v) is 17.8. The number of carbonyl (C=O) groups excluding carboxylic acids is 2. The highest BCUT2D eigenvalue weighted by atomic mass is 32.2. The Kier molecular flexibility index (Phi) is 6.96. The van der Waals surface area contributed by atoms with E-state index in [0.717, 1.165) is 16.7 Å². The third-order valence-electron chi connectivity index (χ3n) is 4.95. The summed E-state index contributed by atoms with van der Waals surface area (Å²) in [6, 6.07) is 13.6. The molecule has 2 aromatic carbocycles. The number of hydrogen-bond donors (Lipinski definition) is 1. The van der Waals surface area contributed by atoms with Crippen molar-refractivity contribution in [2.75, 3.05) is 5.75 Å². The monoisotopic (exact) mass is 414 g/mol. The van der Waals surface area contributed by atoms with Crippen molar-refractivity contribution in [3.05, 3.63) is 71.0 Å². The van der Waals surface area contributed by atoms with Crippen LogP contribution in [0.1, 0.15) is 42.3 Å². The fourth-order valence-corrected chi connectivity index (χ4v) is 4.77. The van der Waals surface area contributed by atoms with Gasteiger partial charge in [0.15, 0.2) is 0 Å². The second-order valence-corrected chi connectivity index (χ2v) is 8.94. The first-order valence-electron chi connectivity index (χ1n) is 9.86. The lowest BCUT2D eigenvalue weighted by atomic mass is 10.00. The topological polar surface area (TPSA) is 49.4 Å². The van der Waals surface area contributed by atoms with Crippen LogP contribution in [0.3, 0.4) is 0 Å². The molecule has 2 atom stereocenters. The van der Waals surface area contributed by atoms with Gasteiger partial charge in [-0.1, -0.05) is 55.8 Å². The van der Waals surface area contributed by atoms with Gasteiger partial charge in [0, 0.05) is 6.54 Å². The molecule has 6 heteroatoms. The molecule has 1 fully saturated rings. The molecule has 0 bridgehead atoms. The molecule has 29 heavy (non-hydrogen) atoms. The number of aryl methyl sites for hydroxylation is 1. The summed E-state index contributed by atoms with van der Waals surface area (Å²) in [5.74, 6) is 0.144. The highest BCUT2D eigenvalue weighted by molar-refractivity contribution is 8.00. The maximum Gasteiger partial charge on any atom is 0.243 e. The maximum absolute atomic E-state index is 13.1. The van der Waals surface area contributed by atoms with E-state index in [1.807, 2.05) is 25.1 Å². The Bertz CT molecular complexity index is 869. The molecule has 1 saturated heterocycles. The van der Waals surface area contributed by atoms with Gasteiger partial charge in [0.05, 0.1) is 5.75 Å². The highest BCUT2D eigenvalue weighted by Crippen LogP contribution is 2.41. The van der Waals surface area contributed by atoms with Crippen molar-refractivity contribution in [2.45, 2.75) is 45.2 Å². The third kappa shape index (κ3) is 5.38. The lowest BCUT2D eigenvalue weighted by molar-refractivity contribution is -0.139. The summed E-state index contributed by atoms with van der Waals surface area (Å²) < 4.78 is 13.1. The van der Waals surface area contributed by atoms with Crippen LogP contribution in [-0.4, -0.2) is 28.5 Å². The molecule has 1 aliphatic heterocycles. The van der Waals surface area contributed by atoms with E-state index in [4.69, 9.17) is 0 Å². The number of amides is 2. The third-order valence-corrected chi connectivity index (χ3v) is 6.17. The normalized spacial score (nSPS) is 17.6. The molecule has 1 N–H and O–H groups in total. The van der Waals surface area contributed by atoms with Crippen LogP contribution >= 0.6 is 11.8 Å². The van der Waals surface area contributed by atoms with Crippen LogP contribution in [0.2, 0.25) is 0 Å². The first-order chi connectivity index (χ1) is 13.8. The number of carbonyl (C=O) groups is 2. The summed E-state index contributed by atoms with van der Waals surface area (Å²) in [7, 11) is 0. The molecule has 4 nitrogen and oxygen atoms in total. The molecule has 0 radical (unpaired) electrons. The standard InChI is InChI=1S/C23H27FN2O2S/c1-15(2)11-20(22(28)25-13-17-7-9-19(24)10-8-17)26-21(27)14-29-23(26)18-6-4-5-16(3)12-18/h4-10,12,15,20,23H,11,13-14H2,1-3H3,(H,25,28). The Morgan fingerprint density at radius 1 is 1.24 bits per heavy atom. The van der Waals surface area contributed by atoms with Crippen molar-refractivity contribution >= 4 is 23.6 Å².